The number of nitrogens with zero attached hydrogens (tertiary/aromatic N) is 1. The molecule has 26 heavy (non-hydrogen) atoms. The lowest BCUT2D eigenvalue weighted by Gasteiger charge is -2.40. The van der Waals surface area contributed by atoms with Crippen molar-refractivity contribution in [2.24, 2.45) is 5.92 Å². The second-order valence-corrected chi connectivity index (χ2v) is 7.75. The number of benzene rings is 2. The highest BCUT2D eigenvalue weighted by Crippen LogP contribution is 2.35. The van der Waals surface area contributed by atoms with E-state index in [1.807, 2.05) is 24.3 Å². The fraction of sp³-hybridized carbons (Fsp3) is 0.222. The monoisotopic (exact) mass is 456 g/mol. The minimum Gasteiger partial charge on any atom is -0.481 e. The van der Waals surface area contributed by atoms with Gasteiger partial charge in [-0.15, -0.1) is 0 Å². The summed E-state index contributed by atoms with van der Waals surface area (Å²) >= 11 is 15.5. The Morgan fingerprint density at radius 1 is 1.23 bits per heavy atom. The van der Waals surface area contributed by atoms with Crippen LogP contribution in [0.3, 0.4) is 0 Å². The lowest BCUT2D eigenvalue weighted by molar-refractivity contribution is -0.144. The van der Waals surface area contributed by atoms with Crippen molar-refractivity contribution in [1.29, 1.82) is 0 Å². The van der Waals surface area contributed by atoms with E-state index in [4.69, 9.17) is 23.2 Å². The van der Waals surface area contributed by atoms with E-state index >= 15 is 0 Å². The second kappa shape index (κ2) is 7.86. The van der Waals surface area contributed by atoms with Gasteiger partial charge in [0.2, 0.25) is 0 Å². The first kappa shape index (κ1) is 19.0. The summed E-state index contributed by atoms with van der Waals surface area (Å²) < 4.78 is 0.876. The molecule has 2 N–H and O–H groups in total. The molecule has 0 radical (unpaired) electrons. The molecule has 1 aliphatic heterocycles. The first-order valence-electron chi connectivity index (χ1n) is 7.83. The van der Waals surface area contributed by atoms with E-state index in [0.717, 1.165) is 10.0 Å². The number of urea groups is 1. The molecular weight excluding hydrogens is 443 g/mol. The largest absolute Gasteiger partial charge is 0.481 e. The van der Waals surface area contributed by atoms with Crippen LogP contribution in [0.2, 0.25) is 10.0 Å². The molecular formula is C18H15BrCl2N2O3. The minimum absolute atomic E-state index is 0.0692. The van der Waals surface area contributed by atoms with Gasteiger partial charge >= 0.3 is 12.0 Å². The van der Waals surface area contributed by atoms with Crippen molar-refractivity contribution in [3.63, 3.8) is 0 Å². The van der Waals surface area contributed by atoms with Crippen molar-refractivity contribution in [3.8, 4) is 0 Å². The average molecular weight is 458 g/mol. The number of hydrogen-bond acceptors (Lipinski definition) is 2. The fourth-order valence-corrected chi connectivity index (χ4v) is 3.78. The summed E-state index contributed by atoms with van der Waals surface area (Å²) in [6.07, 6.45) is 0. The van der Waals surface area contributed by atoms with Crippen LogP contribution in [-0.2, 0) is 11.3 Å². The lowest BCUT2D eigenvalue weighted by atomic mass is 9.89. The van der Waals surface area contributed by atoms with Crippen LogP contribution in [0.5, 0.6) is 0 Å². The molecule has 1 saturated heterocycles. The van der Waals surface area contributed by atoms with Gasteiger partial charge in [0.1, 0.15) is 0 Å². The zero-order valence-electron chi connectivity index (χ0n) is 13.5. The molecule has 136 valence electrons. The lowest BCUT2D eigenvalue weighted by Crippen LogP contribution is -2.54. The highest BCUT2D eigenvalue weighted by atomic mass is 79.9. The van der Waals surface area contributed by atoms with Crippen LogP contribution in [0.1, 0.15) is 17.2 Å². The predicted molar refractivity (Wildman–Crippen MR) is 103 cm³/mol. The SMILES string of the molecule is O=C(O)C1CNC(=O)N(Cc2ccc(Cl)cc2Cl)C1c1ccc(Br)cc1. The Morgan fingerprint density at radius 2 is 1.92 bits per heavy atom. The Morgan fingerprint density at radius 3 is 2.54 bits per heavy atom. The molecule has 2 atom stereocenters. The van der Waals surface area contributed by atoms with Gasteiger partial charge in [-0.1, -0.05) is 57.3 Å². The van der Waals surface area contributed by atoms with Crippen molar-refractivity contribution in [2.75, 3.05) is 6.54 Å². The van der Waals surface area contributed by atoms with Crippen molar-refractivity contribution >= 4 is 51.1 Å². The normalized spacial score (nSPS) is 20.0. The van der Waals surface area contributed by atoms with E-state index in [2.05, 4.69) is 21.2 Å². The first-order valence-corrected chi connectivity index (χ1v) is 9.38. The van der Waals surface area contributed by atoms with Gasteiger partial charge in [-0.25, -0.2) is 4.79 Å². The number of carbonyl (C=O) groups excluding carboxylic acids is 1. The minimum atomic E-state index is -0.967. The molecule has 8 heteroatoms. The molecule has 2 aromatic carbocycles. The zero-order valence-corrected chi connectivity index (χ0v) is 16.6. The van der Waals surface area contributed by atoms with Gasteiger partial charge in [0.05, 0.1) is 12.0 Å². The average Bonchev–Trinajstić information content (AvgIpc) is 2.59. The maximum atomic E-state index is 12.5. The van der Waals surface area contributed by atoms with Gasteiger partial charge in [-0.3, -0.25) is 4.79 Å². The summed E-state index contributed by atoms with van der Waals surface area (Å²) in [5.74, 6) is -1.75. The Labute approximate surface area is 169 Å². The molecule has 1 fully saturated rings. The van der Waals surface area contributed by atoms with Crippen LogP contribution >= 0.6 is 39.1 Å². The molecule has 2 amide bonds. The molecule has 0 aliphatic carbocycles. The summed E-state index contributed by atoms with van der Waals surface area (Å²) in [6, 6.07) is 11.4. The standard InChI is InChI=1S/C18H15BrCl2N2O3/c19-12-4-1-10(2-5-12)16-14(17(24)25)8-22-18(26)23(16)9-11-3-6-13(20)7-15(11)21/h1-7,14,16H,8-9H2,(H,22,26)(H,24,25). The molecule has 1 heterocycles. The van der Waals surface area contributed by atoms with Gasteiger partial charge in [-0.05, 0) is 35.4 Å². The number of carbonyl (C=O) groups is 2. The van der Waals surface area contributed by atoms with E-state index in [-0.39, 0.29) is 19.1 Å². The van der Waals surface area contributed by atoms with Crippen LogP contribution in [-0.4, -0.2) is 28.6 Å². The summed E-state index contributed by atoms with van der Waals surface area (Å²) in [7, 11) is 0. The quantitative estimate of drug-likeness (QED) is 0.697. The number of carboxylic acids is 1. The summed E-state index contributed by atoms with van der Waals surface area (Å²) in [6.45, 7) is 0.242. The van der Waals surface area contributed by atoms with E-state index in [1.165, 1.54) is 4.90 Å². The zero-order chi connectivity index (χ0) is 18.8. The summed E-state index contributed by atoms with van der Waals surface area (Å²) in [4.78, 5) is 25.8. The highest BCUT2D eigenvalue weighted by molar-refractivity contribution is 9.10. The van der Waals surface area contributed by atoms with Gasteiger partial charge in [0.15, 0.2) is 0 Å². The molecule has 3 rings (SSSR count). The van der Waals surface area contributed by atoms with Crippen LogP contribution in [0.15, 0.2) is 46.9 Å². The summed E-state index contributed by atoms with van der Waals surface area (Å²) in [5.41, 5.74) is 1.44. The molecule has 1 aliphatic rings. The third kappa shape index (κ3) is 3.98. The van der Waals surface area contributed by atoms with E-state index in [1.54, 1.807) is 18.2 Å². The maximum Gasteiger partial charge on any atom is 0.318 e. The number of aliphatic carboxylic acids is 1. The number of amides is 2. The molecule has 0 aromatic heterocycles. The smallest absolute Gasteiger partial charge is 0.318 e. The van der Waals surface area contributed by atoms with Crippen molar-refractivity contribution in [1.82, 2.24) is 10.2 Å². The van der Waals surface area contributed by atoms with Crippen molar-refractivity contribution < 1.29 is 14.7 Å². The van der Waals surface area contributed by atoms with Crippen molar-refractivity contribution in [2.45, 2.75) is 12.6 Å². The third-order valence-electron chi connectivity index (χ3n) is 4.34. The fourth-order valence-electron chi connectivity index (χ4n) is 3.05. The Bertz CT molecular complexity index is 845. The van der Waals surface area contributed by atoms with Gasteiger partial charge in [0.25, 0.3) is 0 Å². The molecule has 2 unspecified atom stereocenters. The Hall–Kier alpha value is -1.76. The molecule has 0 spiro atoms. The number of hydrogen-bond donors (Lipinski definition) is 2. The van der Waals surface area contributed by atoms with Crippen molar-refractivity contribution in [3.05, 3.63) is 68.1 Å². The van der Waals surface area contributed by atoms with Gasteiger partial charge in [0, 0.05) is 27.6 Å². The molecule has 2 aromatic rings. The summed E-state index contributed by atoms with van der Waals surface area (Å²) in [5, 5.41) is 13.2. The topological polar surface area (TPSA) is 69.6 Å². The first-order chi connectivity index (χ1) is 12.4. The van der Waals surface area contributed by atoms with Gasteiger partial charge < -0.3 is 15.3 Å². The van der Waals surface area contributed by atoms with Crippen LogP contribution in [0.4, 0.5) is 4.79 Å². The Kier molecular flexibility index (Phi) is 5.75. The molecule has 0 saturated carbocycles. The Balaban J connectivity index is 2.01. The number of nitrogens with one attached hydrogen (secondary N) is 1. The highest BCUT2D eigenvalue weighted by Gasteiger charge is 2.40. The second-order valence-electron chi connectivity index (χ2n) is 5.99. The predicted octanol–water partition coefficient (Wildman–Crippen LogP) is 4.72. The van der Waals surface area contributed by atoms with E-state index in [9.17, 15) is 14.7 Å². The third-order valence-corrected chi connectivity index (χ3v) is 5.45. The number of rotatable bonds is 4. The van der Waals surface area contributed by atoms with Crippen LogP contribution in [0.25, 0.3) is 0 Å². The van der Waals surface area contributed by atoms with E-state index in [0.29, 0.717) is 15.6 Å². The number of carboxylic acid groups (broad SMARTS) is 1. The number of halogens is 3. The molecule has 5 nitrogen and oxygen atoms in total. The van der Waals surface area contributed by atoms with Crippen LogP contribution < -0.4 is 5.32 Å². The van der Waals surface area contributed by atoms with E-state index < -0.39 is 17.9 Å². The molecule has 0 bridgehead atoms. The van der Waals surface area contributed by atoms with Gasteiger partial charge in [-0.2, -0.15) is 0 Å². The maximum absolute atomic E-state index is 12.5. The van der Waals surface area contributed by atoms with Crippen LogP contribution in [0, 0.1) is 5.92 Å².